The number of halogens is 5. The summed E-state index contributed by atoms with van der Waals surface area (Å²) in [6, 6.07) is 0.291. The smallest absolute Gasteiger partial charge is 0.315 e. The fourth-order valence-corrected chi connectivity index (χ4v) is 2.11. The van der Waals surface area contributed by atoms with Crippen LogP contribution in [0.3, 0.4) is 0 Å². The highest BCUT2D eigenvalue weighted by molar-refractivity contribution is 7.11. The van der Waals surface area contributed by atoms with Crippen LogP contribution in [0.1, 0.15) is 30.3 Å². The van der Waals surface area contributed by atoms with Crippen LogP contribution in [-0.2, 0) is 12.3 Å². The summed E-state index contributed by atoms with van der Waals surface area (Å²) in [5.41, 5.74) is 0. The lowest BCUT2D eigenvalue weighted by atomic mass is 10.3. The van der Waals surface area contributed by atoms with Crippen LogP contribution in [0.4, 0.5) is 22.0 Å². The van der Waals surface area contributed by atoms with Crippen molar-refractivity contribution in [3.8, 4) is 0 Å². The monoisotopic (exact) mass is 303 g/mol. The molecule has 0 aromatic carbocycles. The normalized spacial score (nSPS) is 13.3. The van der Waals surface area contributed by atoms with Gasteiger partial charge in [-0.25, -0.2) is 0 Å². The lowest BCUT2D eigenvalue weighted by Gasteiger charge is -2.15. The van der Waals surface area contributed by atoms with Crippen LogP contribution in [0.15, 0.2) is 0 Å². The Bertz CT molecular complexity index is 402. The lowest BCUT2D eigenvalue weighted by Crippen LogP contribution is -2.33. The molecule has 0 spiro atoms. The molecule has 1 N–H and O–H groups in total. The SMILES string of the molecule is CC(C)NCCCc1nnc(C(F)(F)C(F)(F)F)s1. The van der Waals surface area contributed by atoms with E-state index in [1.165, 1.54) is 0 Å². The van der Waals surface area contributed by atoms with Crippen LogP contribution in [0.5, 0.6) is 0 Å². The van der Waals surface area contributed by atoms with Gasteiger partial charge in [0.1, 0.15) is 5.01 Å². The first-order valence-corrected chi connectivity index (χ1v) is 6.47. The second-order valence-corrected chi connectivity index (χ2v) is 5.35. The van der Waals surface area contributed by atoms with Crippen molar-refractivity contribution in [3.63, 3.8) is 0 Å². The zero-order valence-corrected chi connectivity index (χ0v) is 11.2. The molecule has 3 nitrogen and oxygen atoms in total. The summed E-state index contributed by atoms with van der Waals surface area (Å²) in [7, 11) is 0. The van der Waals surface area contributed by atoms with E-state index in [0.29, 0.717) is 36.8 Å². The van der Waals surface area contributed by atoms with Crippen LogP contribution in [0.25, 0.3) is 0 Å². The first-order valence-electron chi connectivity index (χ1n) is 5.65. The van der Waals surface area contributed by atoms with Gasteiger partial charge in [0.2, 0.25) is 0 Å². The fourth-order valence-electron chi connectivity index (χ4n) is 1.23. The van der Waals surface area contributed by atoms with Crippen molar-refractivity contribution < 1.29 is 22.0 Å². The van der Waals surface area contributed by atoms with Gasteiger partial charge in [-0.05, 0) is 13.0 Å². The highest BCUT2D eigenvalue weighted by Gasteiger charge is 2.61. The van der Waals surface area contributed by atoms with Gasteiger partial charge >= 0.3 is 12.1 Å². The van der Waals surface area contributed by atoms with Gasteiger partial charge < -0.3 is 5.32 Å². The first-order chi connectivity index (χ1) is 8.64. The van der Waals surface area contributed by atoms with E-state index in [9.17, 15) is 22.0 Å². The second-order valence-electron chi connectivity index (χ2n) is 4.29. The average Bonchev–Trinajstić information content (AvgIpc) is 2.71. The molecular weight excluding hydrogens is 289 g/mol. The Hall–Kier alpha value is -0.830. The van der Waals surface area contributed by atoms with Crippen LogP contribution < -0.4 is 5.32 Å². The Morgan fingerprint density at radius 1 is 1.16 bits per heavy atom. The van der Waals surface area contributed by atoms with E-state index >= 15 is 0 Å². The number of aromatic nitrogens is 2. The number of nitrogens with one attached hydrogen (secondary N) is 1. The van der Waals surface area contributed by atoms with Crippen molar-refractivity contribution in [3.05, 3.63) is 10.0 Å². The molecule has 0 bridgehead atoms. The van der Waals surface area contributed by atoms with Gasteiger partial charge in [-0.2, -0.15) is 22.0 Å². The Kier molecular flexibility index (Phi) is 5.19. The van der Waals surface area contributed by atoms with Crippen molar-refractivity contribution in [2.75, 3.05) is 6.54 Å². The molecule has 0 aliphatic carbocycles. The third-order valence-corrected chi connectivity index (χ3v) is 3.26. The van der Waals surface area contributed by atoms with E-state index in [1.54, 1.807) is 0 Å². The van der Waals surface area contributed by atoms with Crippen LogP contribution in [-0.4, -0.2) is 29.0 Å². The highest BCUT2D eigenvalue weighted by atomic mass is 32.1. The molecule has 1 rings (SSSR count). The molecule has 0 aliphatic heterocycles. The molecule has 0 amide bonds. The zero-order chi connectivity index (χ0) is 14.7. The van der Waals surface area contributed by atoms with Crippen molar-refractivity contribution in [1.82, 2.24) is 15.5 Å². The topological polar surface area (TPSA) is 37.8 Å². The van der Waals surface area contributed by atoms with E-state index in [-0.39, 0.29) is 5.01 Å². The van der Waals surface area contributed by atoms with E-state index in [4.69, 9.17) is 0 Å². The molecule has 0 aliphatic rings. The summed E-state index contributed by atoms with van der Waals surface area (Å²) in [5.74, 6) is -4.93. The maximum Gasteiger partial charge on any atom is 0.460 e. The van der Waals surface area contributed by atoms with Gasteiger partial charge in [-0.3, -0.25) is 0 Å². The fraction of sp³-hybridized carbons (Fsp3) is 0.800. The van der Waals surface area contributed by atoms with Crippen LogP contribution in [0.2, 0.25) is 0 Å². The molecule has 0 saturated carbocycles. The molecule has 1 aromatic rings. The third kappa shape index (κ3) is 4.34. The van der Waals surface area contributed by atoms with Gasteiger partial charge in [0.15, 0.2) is 5.01 Å². The van der Waals surface area contributed by atoms with E-state index < -0.39 is 17.1 Å². The third-order valence-electron chi connectivity index (χ3n) is 2.21. The molecule has 9 heteroatoms. The van der Waals surface area contributed by atoms with Crippen LogP contribution in [0, 0.1) is 0 Å². The quantitative estimate of drug-likeness (QED) is 0.648. The minimum atomic E-state index is -5.64. The minimum Gasteiger partial charge on any atom is -0.315 e. The van der Waals surface area contributed by atoms with E-state index in [2.05, 4.69) is 15.5 Å². The Balaban J connectivity index is 2.58. The summed E-state index contributed by atoms with van der Waals surface area (Å²) in [5, 5.41) is 8.31. The van der Waals surface area contributed by atoms with Gasteiger partial charge in [0, 0.05) is 12.5 Å². The predicted molar refractivity (Wildman–Crippen MR) is 61.3 cm³/mol. The minimum absolute atomic E-state index is 0.185. The zero-order valence-electron chi connectivity index (χ0n) is 10.4. The Morgan fingerprint density at radius 3 is 2.32 bits per heavy atom. The van der Waals surface area contributed by atoms with Gasteiger partial charge in [-0.1, -0.05) is 25.2 Å². The summed E-state index contributed by atoms with van der Waals surface area (Å²) < 4.78 is 62.2. The number of rotatable bonds is 6. The molecular formula is C10H14F5N3S. The molecule has 0 unspecified atom stereocenters. The molecule has 0 radical (unpaired) electrons. The molecule has 1 heterocycles. The predicted octanol–water partition coefficient (Wildman–Crippen LogP) is 3.12. The van der Waals surface area contributed by atoms with Crippen molar-refractivity contribution >= 4 is 11.3 Å². The summed E-state index contributed by atoms with van der Waals surface area (Å²) >= 11 is 0.306. The highest BCUT2D eigenvalue weighted by Crippen LogP contribution is 2.44. The maximum atomic E-state index is 12.9. The van der Waals surface area contributed by atoms with E-state index in [1.807, 2.05) is 13.8 Å². The van der Waals surface area contributed by atoms with Crippen LogP contribution >= 0.6 is 11.3 Å². The van der Waals surface area contributed by atoms with Gasteiger partial charge in [0.25, 0.3) is 0 Å². The van der Waals surface area contributed by atoms with Gasteiger partial charge in [0.05, 0.1) is 0 Å². The van der Waals surface area contributed by atoms with Gasteiger partial charge in [-0.15, -0.1) is 10.2 Å². The summed E-state index contributed by atoms with van der Waals surface area (Å²) in [4.78, 5) is 0. The number of alkyl halides is 5. The number of aryl methyl sites for hydroxylation is 1. The Morgan fingerprint density at radius 2 is 1.79 bits per heavy atom. The second kappa shape index (κ2) is 6.08. The summed E-state index contributed by atoms with van der Waals surface area (Å²) in [6.07, 6.45) is -4.71. The van der Waals surface area contributed by atoms with Crippen molar-refractivity contribution in [1.29, 1.82) is 0 Å². The first kappa shape index (κ1) is 16.2. The molecule has 0 saturated heterocycles. The maximum absolute atomic E-state index is 12.9. The average molecular weight is 303 g/mol. The molecule has 0 fully saturated rings. The number of nitrogens with zero attached hydrogens (tertiary/aromatic N) is 2. The van der Waals surface area contributed by atoms with Crippen molar-refractivity contribution in [2.24, 2.45) is 0 Å². The summed E-state index contributed by atoms with van der Waals surface area (Å²) in [6.45, 7) is 4.54. The molecule has 1 aromatic heterocycles. The molecule has 19 heavy (non-hydrogen) atoms. The standard InChI is InChI=1S/C10H14F5N3S/c1-6(2)16-5-3-4-7-17-18-8(19-7)9(11,12)10(13,14)15/h6,16H,3-5H2,1-2H3. The Labute approximate surface area is 111 Å². The number of hydrogen-bond donors (Lipinski definition) is 1. The van der Waals surface area contributed by atoms with E-state index in [0.717, 1.165) is 0 Å². The molecule has 110 valence electrons. The lowest BCUT2D eigenvalue weighted by molar-refractivity contribution is -0.289. The molecule has 0 atom stereocenters. The number of hydrogen-bond acceptors (Lipinski definition) is 4. The van der Waals surface area contributed by atoms with Crippen molar-refractivity contribution in [2.45, 2.75) is 44.8 Å². The largest absolute Gasteiger partial charge is 0.460 e.